The molecule has 1 aromatic carbocycles. The van der Waals surface area contributed by atoms with Gasteiger partial charge in [-0.25, -0.2) is 0 Å². The Bertz CT molecular complexity index is 831. The molecule has 0 atom stereocenters. The molecule has 1 saturated heterocycles. The SMILES string of the molecule is CC(C)N1CCN(c2ccc(-c3nccc4c3C=C(C=O)C4)cc2)CC1. The number of aromatic nitrogens is 1. The molecule has 0 radical (unpaired) electrons. The number of piperazine rings is 1. The molecule has 0 N–H and O–H groups in total. The van der Waals surface area contributed by atoms with Gasteiger partial charge in [0.25, 0.3) is 0 Å². The number of aldehydes is 1. The number of fused-ring (bicyclic) bond motifs is 1. The van der Waals surface area contributed by atoms with Gasteiger partial charge in [-0.1, -0.05) is 12.1 Å². The van der Waals surface area contributed by atoms with E-state index in [1.807, 2.05) is 18.3 Å². The van der Waals surface area contributed by atoms with Crippen LogP contribution in [0.2, 0.25) is 0 Å². The van der Waals surface area contributed by atoms with Gasteiger partial charge in [0.15, 0.2) is 0 Å². The van der Waals surface area contributed by atoms with E-state index in [1.165, 1.54) is 11.3 Å². The number of allylic oxidation sites excluding steroid dienone is 1. The summed E-state index contributed by atoms with van der Waals surface area (Å²) in [5, 5.41) is 0. The molecule has 26 heavy (non-hydrogen) atoms. The third-order valence-electron chi connectivity index (χ3n) is 5.51. The molecule has 0 unspecified atom stereocenters. The molecule has 0 amide bonds. The van der Waals surface area contributed by atoms with Gasteiger partial charge in [0.05, 0.1) is 5.69 Å². The van der Waals surface area contributed by atoms with Crippen molar-refractivity contribution in [2.45, 2.75) is 26.3 Å². The van der Waals surface area contributed by atoms with E-state index < -0.39 is 0 Å². The lowest BCUT2D eigenvalue weighted by molar-refractivity contribution is -0.104. The van der Waals surface area contributed by atoms with Crippen molar-refractivity contribution in [2.24, 2.45) is 0 Å². The van der Waals surface area contributed by atoms with E-state index in [-0.39, 0.29) is 0 Å². The normalized spacial score (nSPS) is 17.3. The van der Waals surface area contributed by atoms with Gasteiger partial charge in [-0.15, -0.1) is 0 Å². The molecule has 2 aromatic rings. The van der Waals surface area contributed by atoms with Crippen LogP contribution in [0.1, 0.15) is 25.0 Å². The summed E-state index contributed by atoms with van der Waals surface area (Å²) < 4.78 is 0. The van der Waals surface area contributed by atoms with Crippen LogP contribution in [0.3, 0.4) is 0 Å². The van der Waals surface area contributed by atoms with Gasteiger partial charge in [-0.05, 0) is 49.3 Å². The average Bonchev–Trinajstić information content (AvgIpc) is 3.11. The Hall–Kier alpha value is -2.46. The van der Waals surface area contributed by atoms with E-state index in [9.17, 15) is 4.79 Å². The molecule has 0 bridgehead atoms. The standard InChI is InChI=1S/C22H25N3O/c1-16(2)24-9-11-25(12-10-24)20-5-3-18(4-6-20)22-21-14-17(15-26)13-19(21)7-8-23-22/h3-8,14-16H,9-13H2,1-2H3. The van der Waals surface area contributed by atoms with Crippen molar-refractivity contribution < 1.29 is 4.79 Å². The number of pyridine rings is 1. The Balaban J connectivity index is 1.54. The summed E-state index contributed by atoms with van der Waals surface area (Å²) in [6, 6.07) is 11.3. The Morgan fingerprint density at radius 2 is 1.77 bits per heavy atom. The van der Waals surface area contributed by atoms with E-state index in [2.05, 4.69) is 52.9 Å². The monoisotopic (exact) mass is 347 g/mol. The molecule has 0 saturated carbocycles. The van der Waals surface area contributed by atoms with Crippen molar-refractivity contribution in [3.63, 3.8) is 0 Å². The molecule has 134 valence electrons. The second-order valence-corrected chi connectivity index (χ2v) is 7.41. The first-order chi connectivity index (χ1) is 12.7. The second kappa shape index (κ2) is 7.04. The van der Waals surface area contributed by atoms with Crippen LogP contribution >= 0.6 is 0 Å². The molecule has 2 aliphatic rings. The van der Waals surface area contributed by atoms with Crippen LogP contribution in [0.25, 0.3) is 17.3 Å². The van der Waals surface area contributed by atoms with Gasteiger partial charge in [0.1, 0.15) is 6.29 Å². The molecule has 0 spiro atoms. The van der Waals surface area contributed by atoms with Crippen molar-refractivity contribution in [1.29, 1.82) is 0 Å². The van der Waals surface area contributed by atoms with Crippen LogP contribution < -0.4 is 4.90 Å². The number of anilines is 1. The maximum absolute atomic E-state index is 11.1. The Labute approximate surface area is 155 Å². The van der Waals surface area contributed by atoms with Crippen molar-refractivity contribution >= 4 is 18.0 Å². The lowest BCUT2D eigenvalue weighted by Gasteiger charge is -2.38. The van der Waals surface area contributed by atoms with Gasteiger partial charge in [0.2, 0.25) is 0 Å². The fourth-order valence-electron chi connectivity index (χ4n) is 3.92. The summed E-state index contributed by atoms with van der Waals surface area (Å²) >= 11 is 0. The lowest BCUT2D eigenvalue weighted by atomic mass is 10.0. The quantitative estimate of drug-likeness (QED) is 0.794. The Morgan fingerprint density at radius 3 is 2.42 bits per heavy atom. The van der Waals surface area contributed by atoms with Crippen molar-refractivity contribution in [3.05, 3.63) is 53.2 Å². The molecule has 4 nitrogen and oxygen atoms in total. The fourth-order valence-corrected chi connectivity index (χ4v) is 3.92. The van der Waals surface area contributed by atoms with Gasteiger partial charge in [-0.2, -0.15) is 0 Å². The van der Waals surface area contributed by atoms with Crippen molar-refractivity contribution in [3.8, 4) is 11.3 Å². The molecule has 1 aromatic heterocycles. The summed E-state index contributed by atoms with van der Waals surface area (Å²) in [7, 11) is 0. The van der Waals surface area contributed by atoms with Crippen LogP contribution in [0.5, 0.6) is 0 Å². The first kappa shape index (κ1) is 17.0. The van der Waals surface area contributed by atoms with Gasteiger partial charge in [0, 0.05) is 61.7 Å². The number of carbonyl (C=O) groups is 1. The maximum Gasteiger partial charge on any atom is 0.146 e. The van der Waals surface area contributed by atoms with Crippen LogP contribution in [-0.2, 0) is 11.2 Å². The van der Waals surface area contributed by atoms with Crippen LogP contribution in [-0.4, -0.2) is 48.4 Å². The molecule has 1 fully saturated rings. The largest absolute Gasteiger partial charge is 0.369 e. The zero-order valence-electron chi connectivity index (χ0n) is 15.5. The van der Waals surface area contributed by atoms with Gasteiger partial charge < -0.3 is 4.90 Å². The number of rotatable bonds is 4. The van der Waals surface area contributed by atoms with Crippen molar-refractivity contribution in [2.75, 3.05) is 31.1 Å². The first-order valence-electron chi connectivity index (χ1n) is 9.39. The second-order valence-electron chi connectivity index (χ2n) is 7.41. The molecule has 1 aliphatic heterocycles. The van der Waals surface area contributed by atoms with Gasteiger partial charge >= 0.3 is 0 Å². The first-order valence-corrected chi connectivity index (χ1v) is 9.39. The molecular weight excluding hydrogens is 322 g/mol. The Morgan fingerprint density at radius 1 is 1.04 bits per heavy atom. The molecule has 4 rings (SSSR count). The maximum atomic E-state index is 11.1. The summed E-state index contributed by atoms with van der Waals surface area (Å²) in [5.41, 5.74) is 6.45. The smallest absolute Gasteiger partial charge is 0.146 e. The number of hydrogen-bond donors (Lipinski definition) is 0. The number of benzene rings is 1. The van der Waals surface area contributed by atoms with E-state index in [4.69, 9.17) is 0 Å². The highest BCUT2D eigenvalue weighted by atomic mass is 16.1. The number of carbonyl (C=O) groups excluding carboxylic acids is 1. The third-order valence-corrected chi connectivity index (χ3v) is 5.51. The summed E-state index contributed by atoms with van der Waals surface area (Å²) in [6.45, 7) is 8.91. The minimum Gasteiger partial charge on any atom is -0.369 e. The highest BCUT2D eigenvalue weighted by Crippen LogP contribution is 2.32. The van der Waals surface area contributed by atoms with E-state index in [0.29, 0.717) is 12.5 Å². The highest BCUT2D eigenvalue weighted by molar-refractivity contribution is 5.90. The van der Waals surface area contributed by atoms with E-state index in [1.54, 1.807) is 0 Å². The van der Waals surface area contributed by atoms with Crippen LogP contribution in [0, 0.1) is 0 Å². The molecule has 1 aliphatic carbocycles. The summed E-state index contributed by atoms with van der Waals surface area (Å²) in [6.07, 6.45) is 5.48. The number of nitrogens with zero attached hydrogens (tertiary/aromatic N) is 3. The van der Waals surface area contributed by atoms with Crippen LogP contribution in [0.4, 0.5) is 5.69 Å². The predicted octanol–water partition coefficient (Wildman–Crippen LogP) is 3.42. The number of hydrogen-bond acceptors (Lipinski definition) is 4. The molecular formula is C22H25N3O. The van der Waals surface area contributed by atoms with Gasteiger partial charge in [-0.3, -0.25) is 14.7 Å². The van der Waals surface area contributed by atoms with E-state index in [0.717, 1.165) is 54.9 Å². The van der Waals surface area contributed by atoms with Crippen LogP contribution in [0.15, 0.2) is 42.1 Å². The predicted molar refractivity (Wildman–Crippen MR) is 106 cm³/mol. The Kier molecular flexibility index (Phi) is 4.60. The summed E-state index contributed by atoms with van der Waals surface area (Å²) in [4.78, 5) is 20.7. The zero-order chi connectivity index (χ0) is 18.1. The van der Waals surface area contributed by atoms with Crippen molar-refractivity contribution in [1.82, 2.24) is 9.88 Å². The molecule has 2 heterocycles. The topological polar surface area (TPSA) is 36.4 Å². The molecule has 4 heteroatoms. The minimum atomic E-state index is 0.620. The summed E-state index contributed by atoms with van der Waals surface area (Å²) in [5.74, 6) is 0. The zero-order valence-corrected chi connectivity index (χ0v) is 15.5. The third kappa shape index (κ3) is 3.17. The highest BCUT2D eigenvalue weighted by Gasteiger charge is 2.20. The minimum absolute atomic E-state index is 0.620. The average molecular weight is 347 g/mol. The lowest BCUT2D eigenvalue weighted by Crippen LogP contribution is -2.48. The fraction of sp³-hybridized carbons (Fsp3) is 0.364. The van der Waals surface area contributed by atoms with E-state index >= 15 is 0 Å².